The van der Waals surface area contributed by atoms with E-state index in [1.807, 2.05) is 0 Å². The van der Waals surface area contributed by atoms with E-state index in [0.29, 0.717) is 6.04 Å². The van der Waals surface area contributed by atoms with Gasteiger partial charge in [0.15, 0.2) is 0 Å². The van der Waals surface area contributed by atoms with Crippen molar-refractivity contribution in [1.82, 2.24) is 10.6 Å². The van der Waals surface area contributed by atoms with Crippen LogP contribution in [0.1, 0.15) is 25.7 Å². The highest BCUT2D eigenvalue weighted by Crippen LogP contribution is 2.30. The Morgan fingerprint density at radius 1 is 1.57 bits per heavy atom. The molecular formula is C12H20N2. The molecule has 2 atom stereocenters. The van der Waals surface area contributed by atoms with Gasteiger partial charge in [-0.15, -0.1) is 0 Å². The molecule has 78 valence electrons. The third kappa shape index (κ3) is 2.18. The highest BCUT2D eigenvalue weighted by Gasteiger charge is 2.24. The number of fused-ring (bicyclic) bond motifs is 2. The van der Waals surface area contributed by atoms with Crippen LogP contribution < -0.4 is 10.6 Å². The first-order valence-electron chi connectivity index (χ1n) is 5.66. The van der Waals surface area contributed by atoms with Gasteiger partial charge in [-0.2, -0.15) is 0 Å². The van der Waals surface area contributed by atoms with Crippen molar-refractivity contribution in [1.29, 1.82) is 0 Å². The Morgan fingerprint density at radius 3 is 3.36 bits per heavy atom. The first kappa shape index (κ1) is 9.78. The van der Waals surface area contributed by atoms with Gasteiger partial charge in [0.2, 0.25) is 0 Å². The Balaban J connectivity index is 2.00. The lowest BCUT2D eigenvalue weighted by Gasteiger charge is -2.23. The molecule has 0 aromatic carbocycles. The Bertz CT molecular complexity index is 232. The fraction of sp³-hybridized carbons (Fsp3) is 0.667. The van der Waals surface area contributed by atoms with Crippen LogP contribution in [0.2, 0.25) is 0 Å². The van der Waals surface area contributed by atoms with E-state index < -0.39 is 0 Å². The third-order valence-corrected chi connectivity index (χ3v) is 3.36. The summed E-state index contributed by atoms with van der Waals surface area (Å²) in [6.07, 6.45) is 9.56. The SMILES string of the molecule is C=CNC[C@H]1NCCC2CCC=C1C2. The molecule has 1 fully saturated rings. The van der Waals surface area contributed by atoms with Gasteiger partial charge in [-0.05, 0) is 44.3 Å². The van der Waals surface area contributed by atoms with Crippen molar-refractivity contribution in [2.24, 2.45) is 5.92 Å². The summed E-state index contributed by atoms with van der Waals surface area (Å²) in [6.45, 7) is 5.85. The standard InChI is InChI=1S/C12H20N2/c1-2-13-9-12-11-5-3-4-10(8-11)6-7-14-12/h2,5,10,12-14H,1,3-4,6-9H2/t10?,12-/m1/s1. The van der Waals surface area contributed by atoms with Crippen molar-refractivity contribution in [3.05, 3.63) is 24.4 Å². The average Bonchev–Trinajstić information content (AvgIpc) is 2.35. The number of allylic oxidation sites excluding steroid dienone is 1. The molecule has 1 unspecified atom stereocenters. The van der Waals surface area contributed by atoms with Crippen LogP contribution >= 0.6 is 0 Å². The number of hydrogen-bond donors (Lipinski definition) is 2. The van der Waals surface area contributed by atoms with E-state index in [2.05, 4.69) is 23.3 Å². The average molecular weight is 192 g/mol. The van der Waals surface area contributed by atoms with Gasteiger partial charge in [0.1, 0.15) is 0 Å². The van der Waals surface area contributed by atoms with Crippen LogP contribution in [0.3, 0.4) is 0 Å². The molecule has 2 heteroatoms. The summed E-state index contributed by atoms with van der Waals surface area (Å²) in [6, 6.07) is 0.540. The van der Waals surface area contributed by atoms with Crippen molar-refractivity contribution in [3.8, 4) is 0 Å². The quantitative estimate of drug-likeness (QED) is 0.666. The summed E-state index contributed by atoms with van der Waals surface area (Å²) in [4.78, 5) is 0. The first-order valence-corrected chi connectivity index (χ1v) is 5.66. The topological polar surface area (TPSA) is 24.1 Å². The predicted octanol–water partition coefficient (Wildman–Crippen LogP) is 1.81. The number of rotatable bonds is 3. The summed E-state index contributed by atoms with van der Waals surface area (Å²) >= 11 is 0. The molecule has 0 aromatic heterocycles. The lowest BCUT2D eigenvalue weighted by Crippen LogP contribution is -2.37. The van der Waals surface area contributed by atoms with E-state index in [9.17, 15) is 0 Å². The van der Waals surface area contributed by atoms with Crippen molar-refractivity contribution < 1.29 is 0 Å². The van der Waals surface area contributed by atoms with Gasteiger partial charge in [0.05, 0.1) is 0 Å². The molecule has 1 saturated heterocycles. The summed E-state index contributed by atoms with van der Waals surface area (Å²) in [7, 11) is 0. The zero-order chi connectivity index (χ0) is 9.80. The van der Waals surface area contributed by atoms with Gasteiger partial charge in [0, 0.05) is 12.6 Å². The minimum atomic E-state index is 0.540. The van der Waals surface area contributed by atoms with E-state index in [1.54, 1.807) is 11.8 Å². The summed E-state index contributed by atoms with van der Waals surface area (Å²) in [5.74, 6) is 0.941. The second kappa shape index (κ2) is 4.65. The predicted molar refractivity (Wildman–Crippen MR) is 60.0 cm³/mol. The minimum Gasteiger partial charge on any atom is -0.389 e. The van der Waals surface area contributed by atoms with Crippen LogP contribution in [0.25, 0.3) is 0 Å². The highest BCUT2D eigenvalue weighted by molar-refractivity contribution is 5.16. The van der Waals surface area contributed by atoms with Crippen molar-refractivity contribution in [2.75, 3.05) is 13.1 Å². The zero-order valence-electron chi connectivity index (χ0n) is 8.76. The maximum Gasteiger partial charge on any atom is 0.0454 e. The first-order chi connectivity index (χ1) is 6.90. The van der Waals surface area contributed by atoms with Gasteiger partial charge in [-0.25, -0.2) is 0 Å². The second-order valence-corrected chi connectivity index (χ2v) is 4.33. The second-order valence-electron chi connectivity index (χ2n) is 4.33. The molecule has 2 aliphatic rings. The lowest BCUT2D eigenvalue weighted by atomic mass is 9.85. The van der Waals surface area contributed by atoms with E-state index in [4.69, 9.17) is 0 Å². The third-order valence-electron chi connectivity index (χ3n) is 3.36. The largest absolute Gasteiger partial charge is 0.389 e. The summed E-state index contributed by atoms with van der Waals surface area (Å²) < 4.78 is 0. The van der Waals surface area contributed by atoms with Crippen LogP contribution in [0, 0.1) is 5.92 Å². The fourth-order valence-corrected chi connectivity index (χ4v) is 2.55. The summed E-state index contributed by atoms with van der Waals surface area (Å²) in [5, 5.41) is 6.82. The van der Waals surface area contributed by atoms with Crippen LogP contribution in [0.15, 0.2) is 24.4 Å². The molecule has 0 spiro atoms. The Morgan fingerprint density at radius 2 is 2.50 bits per heavy atom. The smallest absolute Gasteiger partial charge is 0.0454 e. The van der Waals surface area contributed by atoms with Gasteiger partial charge >= 0.3 is 0 Å². The minimum absolute atomic E-state index is 0.540. The molecule has 0 aromatic rings. The van der Waals surface area contributed by atoms with Crippen molar-refractivity contribution in [2.45, 2.75) is 31.7 Å². The zero-order valence-corrected chi connectivity index (χ0v) is 8.76. The molecule has 0 radical (unpaired) electrons. The van der Waals surface area contributed by atoms with E-state index in [1.165, 1.54) is 32.2 Å². The molecule has 1 aliphatic heterocycles. The van der Waals surface area contributed by atoms with Gasteiger partial charge < -0.3 is 10.6 Å². The monoisotopic (exact) mass is 192 g/mol. The summed E-state index contributed by atoms with van der Waals surface area (Å²) in [5.41, 5.74) is 1.62. The molecule has 2 nitrogen and oxygen atoms in total. The highest BCUT2D eigenvalue weighted by atomic mass is 15.0. The van der Waals surface area contributed by atoms with Crippen LogP contribution in [0.4, 0.5) is 0 Å². The maximum atomic E-state index is 3.69. The van der Waals surface area contributed by atoms with E-state index in [-0.39, 0.29) is 0 Å². The number of nitrogens with one attached hydrogen (secondary N) is 2. The molecule has 1 aliphatic carbocycles. The normalized spacial score (nSPS) is 31.6. The molecule has 14 heavy (non-hydrogen) atoms. The molecule has 2 bridgehead atoms. The van der Waals surface area contributed by atoms with E-state index in [0.717, 1.165) is 12.5 Å². The Labute approximate surface area is 86.5 Å². The molecule has 1 heterocycles. The fourth-order valence-electron chi connectivity index (χ4n) is 2.55. The number of hydrogen-bond acceptors (Lipinski definition) is 2. The Kier molecular flexibility index (Phi) is 3.25. The van der Waals surface area contributed by atoms with Crippen molar-refractivity contribution >= 4 is 0 Å². The molecule has 0 saturated carbocycles. The van der Waals surface area contributed by atoms with Crippen LogP contribution in [-0.2, 0) is 0 Å². The van der Waals surface area contributed by atoms with Crippen molar-refractivity contribution in [3.63, 3.8) is 0 Å². The van der Waals surface area contributed by atoms with Gasteiger partial charge in [0.25, 0.3) is 0 Å². The lowest BCUT2D eigenvalue weighted by molar-refractivity contribution is 0.450. The van der Waals surface area contributed by atoms with Crippen LogP contribution in [0.5, 0.6) is 0 Å². The van der Waals surface area contributed by atoms with Crippen LogP contribution in [-0.4, -0.2) is 19.1 Å². The molecular weight excluding hydrogens is 172 g/mol. The van der Waals surface area contributed by atoms with E-state index >= 15 is 0 Å². The molecule has 2 rings (SSSR count). The van der Waals surface area contributed by atoms with Gasteiger partial charge in [-0.3, -0.25) is 0 Å². The Hall–Kier alpha value is -0.760. The molecule has 0 amide bonds. The van der Waals surface area contributed by atoms with Gasteiger partial charge in [-0.1, -0.05) is 18.2 Å². The molecule has 2 N–H and O–H groups in total. The maximum absolute atomic E-state index is 3.69.